The molecule has 2 unspecified atom stereocenters. The molecule has 27 heavy (non-hydrogen) atoms. The van der Waals surface area contributed by atoms with Gasteiger partial charge in [-0.3, -0.25) is 4.90 Å². The van der Waals surface area contributed by atoms with Crippen molar-refractivity contribution in [3.63, 3.8) is 0 Å². The first-order chi connectivity index (χ1) is 13.1. The number of esters is 1. The normalized spacial score (nSPS) is 23.3. The molecule has 2 amide bonds. The molecular formula is C20H27BrN2O3S. The molecule has 1 aromatic rings. The fourth-order valence-corrected chi connectivity index (χ4v) is 5.80. The zero-order valence-corrected chi connectivity index (χ0v) is 18.1. The van der Waals surface area contributed by atoms with Crippen LogP contribution in [0.5, 0.6) is 0 Å². The number of ether oxygens (including phenoxy) is 1. The molecule has 7 heteroatoms. The van der Waals surface area contributed by atoms with Crippen LogP contribution in [0.15, 0.2) is 28.7 Å². The Kier molecular flexibility index (Phi) is 7.47. The second kappa shape index (κ2) is 9.82. The first kappa shape index (κ1) is 20.5. The maximum absolute atomic E-state index is 13.2. The van der Waals surface area contributed by atoms with Crippen molar-refractivity contribution in [2.24, 2.45) is 5.92 Å². The van der Waals surface area contributed by atoms with Gasteiger partial charge in [0.15, 0.2) is 0 Å². The van der Waals surface area contributed by atoms with Gasteiger partial charge in [0.2, 0.25) is 0 Å². The fourth-order valence-electron chi connectivity index (χ4n) is 3.79. The molecule has 0 aromatic heterocycles. The van der Waals surface area contributed by atoms with Gasteiger partial charge in [0.05, 0.1) is 17.7 Å². The zero-order chi connectivity index (χ0) is 19.2. The Hall–Kier alpha value is -1.21. The third kappa shape index (κ3) is 4.99. The Bertz CT molecular complexity index is 666. The lowest BCUT2D eigenvalue weighted by Gasteiger charge is -2.35. The number of urea groups is 1. The highest BCUT2D eigenvalue weighted by Crippen LogP contribution is 2.41. The molecule has 2 fully saturated rings. The highest BCUT2D eigenvalue weighted by Gasteiger charge is 2.45. The molecule has 1 aromatic carbocycles. The second-order valence-electron chi connectivity index (χ2n) is 7.12. The Morgan fingerprint density at radius 1 is 1.26 bits per heavy atom. The average Bonchev–Trinajstić information content (AvgIpc) is 3.14. The van der Waals surface area contributed by atoms with Crippen molar-refractivity contribution < 1.29 is 14.3 Å². The SMILES string of the molecule is CCCOC(=O)C1CSC(C2CCCCC2)N1C(=O)Nc1ccccc1Br. The van der Waals surface area contributed by atoms with Crippen LogP contribution < -0.4 is 5.32 Å². The standard InChI is InChI=1S/C20H27BrN2O3S/c1-2-12-26-19(24)17-13-27-18(14-8-4-3-5-9-14)23(17)20(25)22-16-11-7-6-10-15(16)21/h6-7,10-11,14,17-18H,2-5,8-9,12-13H2,1H3,(H,22,25). The minimum absolute atomic E-state index is 0.0342. The van der Waals surface area contributed by atoms with Gasteiger partial charge in [-0.1, -0.05) is 38.3 Å². The van der Waals surface area contributed by atoms with Crippen LogP contribution in [0.4, 0.5) is 10.5 Å². The lowest BCUT2D eigenvalue weighted by molar-refractivity contribution is -0.148. The van der Waals surface area contributed by atoms with Crippen LogP contribution in [-0.4, -0.2) is 40.7 Å². The van der Waals surface area contributed by atoms with Gasteiger partial charge in [-0.05, 0) is 53.2 Å². The molecule has 1 N–H and O–H groups in total. The first-order valence-corrected chi connectivity index (χ1v) is 11.6. The van der Waals surface area contributed by atoms with E-state index in [1.807, 2.05) is 31.2 Å². The number of thioether (sulfide) groups is 1. The summed E-state index contributed by atoms with van der Waals surface area (Å²) in [5.74, 6) is 0.759. The molecule has 148 valence electrons. The van der Waals surface area contributed by atoms with E-state index >= 15 is 0 Å². The quantitative estimate of drug-likeness (QED) is 0.616. The molecule has 0 spiro atoms. The van der Waals surface area contributed by atoms with Crippen molar-refractivity contribution in [2.45, 2.75) is 56.9 Å². The smallest absolute Gasteiger partial charge is 0.329 e. The van der Waals surface area contributed by atoms with E-state index in [1.54, 1.807) is 16.7 Å². The van der Waals surface area contributed by atoms with Crippen LogP contribution in [0.2, 0.25) is 0 Å². The summed E-state index contributed by atoms with van der Waals surface area (Å²) in [4.78, 5) is 27.5. The second-order valence-corrected chi connectivity index (χ2v) is 9.13. The van der Waals surface area contributed by atoms with Gasteiger partial charge in [0.25, 0.3) is 0 Å². The van der Waals surface area contributed by atoms with Crippen molar-refractivity contribution in [2.75, 3.05) is 17.7 Å². The van der Waals surface area contributed by atoms with E-state index in [9.17, 15) is 9.59 Å². The Labute approximate surface area is 173 Å². The summed E-state index contributed by atoms with van der Waals surface area (Å²) < 4.78 is 6.21. The summed E-state index contributed by atoms with van der Waals surface area (Å²) in [7, 11) is 0. The summed E-state index contributed by atoms with van der Waals surface area (Å²) >= 11 is 5.20. The number of rotatable bonds is 5. The van der Waals surface area contributed by atoms with Crippen LogP contribution in [0, 0.1) is 5.92 Å². The highest BCUT2D eigenvalue weighted by atomic mass is 79.9. The number of nitrogens with one attached hydrogen (secondary N) is 1. The van der Waals surface area contributed by atoms with Crippen molar-refractivity contribution in [3.8, 4) is 0 Å². The summed E-state index contributed by atoms with van der Waals surface area (Å²) in [5, 5.41) is 3.02. The van der Waals surface area contributed by atoms with E-state index in [4.69, 9.17) is 4.74 Å². The minimum atomic E-state index is -0.518. The maximum Gasteiger partial charge on any atom is 0.329 e. The van der Waals surface area contributed by atoms with E-state index in [-0.39, 0.29) is 17.4 Å². The third-order valence-electron chi connectivity index (χ3n) is 5.16. The Morgan fingerprint density at radius 2 is 2.00 bits per heavy atom. The van der Waals surface area contributed by atoms with Crippen LogP contribution in [0.25, 0.3) is 0 Å². The Morgan fingerprint density at radius 3 is 2.70 bits per heavy atom. The van der Waals surface area contributed by atoms with Crippen LogP contribution in [0.3, 0.4) is 0 Å². The fraction of sp³-hybridized carbons (Fsp3) is 0.600. The van der Waals surface area contributed by atoms with E-state index in [0.717, 1.165) is 23.7 Å². The van der Waals surface area contributed by atoms with Gasteiger partial charge in [-0.25, -0.2) is 9.59 Å². The summed E-state index contributed by atoms with van der Waals surface area (Å²) in [5.41, 5.74) is 0.711. The molecule has 1 heterocycles. The lowest BCUT2D eigenvalue weighted by atomic mass is 9.88. The molecule has 5 nitrogen and oxygen atoms in total. The van der Waals surface area contributed by atoms with Gasteiger partial charge in [-0.15, -0.1) is 11.8 Å². The molecule has 2 aliphatic rings. The van der Waals surface area contributed by atoms with Gasteiger partial charge in [-0.2, -0.15) is 0 Å². The number of hydrogen-bond donors (Lipinski definition) is 1. The molecule has 3 rings (SSSR count). The van der Waals surface area contributed by atoms with E-state index in [1.165, 1.54) is 19.3 Å². The van der Waals surface area contributed by atoms with E-state index < -0.39 is 6.04 Å². The minimum Gasteiger partial charge on any atom is -0.464 e. The number of para-hydroxylation sites is 1. The molecule has 1 aliphatic carbocycles. The monoisotopic (exact) mass is 454 g/mol. The molecule has 0 radical (unpaired) electrons. The number of hydrogen-bond acceptors (Lipinski definition) is 4. The molecule has 1 saturated heterocycles. The van der Waals surface area contributed by atoms with Gasteiger partial charge >= 0.3 is 12.0 Å². The van der Waals surface area contributed by atoms with E-state index in [2.05, 4.69) is 21.2 Å². The molecule has 1 saturated carbocycles. The summed E-state index contributed by atoms with van der Waals surface area (Å²) in [6.45, 7) is 2.37. The molecule has 0 bridgehead atoms. The lowest BCUT2D eigenvalue weighted by Crippen LogP contribution is -2.50. The van der Waals surface area contributed by atoms with Gasteiger partial charge in [0, 0.05) is 10.2 Å². The Balaban J connectivity index is 1.79. The van der Waals surface area contributed by atoms with Crippen molar-refractivity contribution in [1.29, 1.82) is 0 Å². The van der Waals surface area contributed by atoms with Crippen molar-refractivity contribution in [3.05, 3.63) is 28.7 Å². The number of halogens is 1. The summed E-state index contributed by atoms with van der Waals surface area (Å²) in [6.07, 6.45) is 6.68. The molecular weight excluding hydrogens is 428 g/mol. The topological polar surface area (TPSA) is 58.6 Å². The third-order valence-corrected chi connectivity index (χ3v) is 7.31. The van der Waals surface area contributed by atoms with Gasteiger partial charge < -0.3 is 10.1 Å². The number of carbonyl (C=O) groups is 2. The summed E-state index contributed by atoms with van der Waals surface area (Å²) in [6, 6.07) is 6.79. The van der Waals surface area contributed by atoms with Crippen LogP contribution in [0.1, 0.15) is 45.4 Å². The number of nitrogens with zero attached hydrogens (tertiary/aromatic N) is 1. The molecule has 1 aliphatic heterocycles. The van der Waals surface area contributed by atoms with E-state index in [0.29, 0.717) is 24.0 Å². The maximum atomic E-state index is 13.2. The number of anilines is 1. The predicted molar refractivity (Wildman–Crippen MR) is 113 cm³/mol. The van der Waals surface area contributed by atoms with Crippen LogP contribution >= 0.6 is 27.7 Å². The van der Waals surface area contributed by atoms with Crippen LogP contribution in [-0.2, 0) is 9.53 Å². The molecule has 2 atom stereocenters. The van der Waals surface area contributed by atoms with Crippen molar-refractivity contribution in [1.82, 2.24) is 4.90 Å². The first-order valence-electron chi connectivity index (χ1n) is 9.74. The number of carbonyl (C=O) groups excluding carboxylic acids is 2. The largest absolute Gasteiger partial charge is 0.464 e. The zero-order valence-electron chi connectivity index (χ0n) is 15.7. The highest BCUT2D eigenvalue weighted by molar-refractivity contribution is 9.10. The van der Waals surface area contributed by atoms with Gasteiger partial charge in [0.1, 0.15) is 6.04 Å². The average molecular weight is 455 g/mol. The number of benzene rings is 1. The number of amides is 2. The predicted octanol–water partition coefficient (Wildman–Crippen LogP) is 5.26. The van der Waals surface area contributed by atoms with Crippen molar-refractivity contribution >= 4 is 45.4 Å².